The summed E-state index contributed by atoms with van der Waals surface area (Å²) in [5, 5.41) is 0. The maximum absolute atomic E-state index is 12.4. The number of rotatable bonds is 4. The van der Waals surface area contributed by atoms with Gasteiger partial charge < -0.3 is 9.47 Å². The smallest absolute Gasteiger partial charge is 0.411 e. The number of hydrogen-bond acceptors (Lipinski definition) is 5. The summed E-state index contributed by atoms with van der Waals surface area (Å²) in [6, 6.07) is 6.09. The number of carbonyl (C=O) groups is 3. The van der Waals surface area contributed by atoms with Crippen LogP contribution in [0.5, 0.6) is 0 Å². The lowest BCUT2D eigenvalue weighted by Crippen LogP contribution is -2.44. The summed E-state index contributed by atoms with van der Waals surface area (Å²) in [6.45, 7) is 7.35. The molecule has 1 aliphatic heterocycles. The SMILES string of the molecule is C[C@H]1CC(C(=O)OCC(=O)c2ccc(Br)cc2)N(C(=O)OC(C)(C)C)C1. The Morgan fingerprint density at radius 2 is 1.81 bits per heavy atom. The van der Waals surface area contributed by atoms with Gasteiger partial charge in [0.1, 0.15) is 11.6 Å². The minimum absolute atomic E-state index is 0.155. The molecular weight excluding hydrogens is 402 g/mol. The van der Waals surface area contributed by atoms with Gasteiger partial charge in [-0.2, -0.15) is 0 Å². The van der Waals surface area contributed by atoms with Gasteiger partial charge >= 0.3 is 12.1 Å². The number of ether oxygens (including phenoxy) is 2. The van der Waals surface area contributed by atoms with Crippen molar-refractivity contribution in [2.75, 3.05) is 13.2 Å². The van der Waals surface area contributed by atoms with Crippen LogP contribution in [0.2, 0.25) is 0 Å². The number of carbonyl (C=O) groups excluding carboxylic acids is 3. The Balaban J connectivity index is 1.97. The lowest BCUT2D eigenvalue weighted by atomic mass is 10.1. The van der Waals surface area contributed by atoms with Crippen LogP contribution < -0.4 is 0 Å². The second-order valence-electron chi connectivity index (χ2n) is 7.53. The second-order valence-corrected chi connectivity index (χ2v) is 8.44. The van der Waals surface area contributed by atoms with Gasteiger partial charge in [-0.15, -0.1) is 0 Å². The summed E-state index contributed by atoms with van der Waals surface area (Å²) in [5.74, 6) is -0.714. The molecular formula is C19H24BrNO5. The molecule has 1 amide bonds. The molecule has 142 valence electrons. The van der Waals surface area contributed by atoms with Crippen molar-refractivity contribution in [2.45, 2.75) is 45.8 Å². The lowest BCUT2D eigenvalue weighted by molar-refractivity contribution is -0.147. The number of esters is 1. The molecule has 1 aromatic carbocycles. The Morgan fingerprint density at radius 1 is 1.19 bits per heavy atom. The molecule has 0 N–H and O–H groups in total. The van der Waals surface area contributed by atoms with Crippen molar-refractivity contribution < 1.29 is 23.9 Å². The van der Waals surface area contributed by atoms with E-state index in [0.29, 0.717) is 18.5 Å². The standard InChI is InChI=1S/C19H24BrNO5/c1-12-9-15(21(10-12)18(24)26-19(2,3)4)17(23)25-11-16(22)13-5-7-14(20)8-6-13/h5-8,12,15H,9-11H2,1-4H3/t12-,15?/m0/s1. The fourth-order valence-electron chi connectivity index (χ4n) is 2.74. The molecule has 0 radical (unpaired) electrons. The quantitative estimate of drug-likeness (QED) is 0.541. The van der Waals surface area contributed by atoms with E-state index in [4.69, 9.17) is 9.47 Å². The summed E-state index contributed by atoms with van der Waals surface area (Å²) >= 11 is 3.30. The number of hydrogen-bond donors (Lipinski definition) is 0. The van der Waals surface area contributed by atoms with Crippen LogP contribution in [0.25, 0.3) is 0 Å². The predicted molar refractivity (Wildman–Crippen MR) is 99.9 cm³/mol. The van der Waals surface area contributed by atoms with Crippen LogP contribution in [0.4, 0.5) is 4.79 Å². The van der Waals surface area contributed by atoms with Crippen LogP contribution in [-0.2, 0) is 14.3 Å². The van der Waals surface area contributed by atoms with Crippen LogP contribution in [0.3, 0.4) is 0 Å². The molecule has 1 unspecified atom stereocenters. The maximum atomic E-state index is 12.4. The number of halogens is 1. The van der Waals surface area contributed by atoms with Crippen LogP contribution in [0.1, 0.15) is 44.5 Å². The van der Waals surface area contributed by atoms with Gasteiger partial charge in [-0.3, -0.25) is 9.69 Å². The van der Waals surface area contributed by atoms with E-state index in [1.54, 1.807) is 45.0 Å². The average Bonchev–Trinajstić information content (AvgIpc) is 2.93. The van der Waals surface area contributed by atoms with E-state index < -0.39 is 23.7 Å². The molecule has 2 rings (SSSR count). The van der Waals surface area contributed by atoms with E-state index in [1.807, 2.05) is 6.92 Å². The minimum atomic E-state index is -0.724. The Morgan fingerprint density at radius 3 is 2.38 bits per heavy atom. The Hall–Kier alpha value is -1.89. The van der Waals surface area contributed by atoms with Crippen molar-refractivity contribution in [1.29, 1.82) is 0 Å². The number of likely N-dealkylation sites (tertiary alicyclic amines) is 1. The second kappa shape index (κ2) is 8.20. The largest absolute Gasteiger partial charge is 0.456 e. The molecule has 0 bridgehead atoms. The Kier molecular flexibility index (Phi) is 6.44. The van der Waals surface area contributed by atoms with Crippen LogP contribution in [0.15, 0.2) is 28.7 Å². The third kappa shape index (κ3) is 5.56. The summed E-state index contributed by atoms with van der Waals surface area (Å²) in [7, 11) is 0. The van der Waals surface area contributed by atoms with Crippen LogP contribution >= 0.6 is 15.9 Å². The molecule has 7 heteroatoms. The zero-order chi connectivity index (χ0) is 19.5. The Labute approximate surface area is 162 Å². The number of Topliss-reactive ketones (excluding diaryl/α,β-unsaturated/α-hetero) is 1. The average molecular weight is 426 g/mol. The fourth-order valence-corrected chi connectivity index (χ4v) is 3.01. The molecule has 0 aliphatic carbocycles. The summed E-state index contributed by atoms with van der Waals surface area (Å²) in [6.07, 6.45) is -0.0482. The van der Waals surface area contributed by atoms with Gasteiger partial charge in [0.2, 0.25) is 0 Å². The van der Waals surface area contributed by atoms with Crippen molar-refractivity contribution in [3.8, 4) is 0 Å². The zero-order valence-electron chi connectivity index (χ0n) is 15.5. The molecule has 1 aliphatic rings. The van der Waals surface area contributed by atoms with Crippen LogP contribution in [0, 0.1) is 5.92 Å². The molecule has 1 aromatic rings. The van der Waals surface area contributed by atoms with Crippen molar-refractivity contribution in [3.63, 3.8) is 0 Å². The third-order valence-corrected chi connectivity index (χ3v) is 4.45. The van der Waals surface area contributed by atoms with Crippen molar-refractivity contribution in [3.05, 3.63) is 34.3 Å². The monoisotopic (exact) mass is 425 g/mol. The van der Waals surface area contributed by atoms with Crippen molar-refractivity contribution in [1.82, 2.24) is 4.90 Å². The van der Waals surface area contributed by atoms with Gasteiger partial charge in [0.15, 0.2) is 12.4 Å². The first-order valence-electron chi connectivity index (χ1n) is 8.52. The number of amides is 1. The van der Waals surface area contributed by atoms with Crippen LogP contribution in [-0.4, -0.2) is 47.5 Å². The van der Waals surface area contributed by atoms with Crippen molar-refractivity contribution >= 4 is 33.8 Å². The molecule has 0 spiro atoms. The van der Waals surface area contributed by atoms with Gasteiger partial charge in [-0.25, -0.2) is 9.59 Å². The highest BCUT2D eigenvalue weighted by Crippen LogP contribution is 2.26. The summed E-state index contributed by atoms with van der Waals surface area (Å²) in [4.78, 5) is 38.3. The third-order valence-electron chi connectivity index (χ3n) is 3.92. The van der Waals surface area contributed by atoms with Crippen molar-refractivity contribution in [2.24, 2.45) is 5.92 Å². The summed E-state index contributed by atoms with van der Waals surface area (Å²) < 4.78 is 11.4. The fraction of sp³-hybridized carbons (Fsp3) is 0.526. The molecule has 0 saturated carbocycles. The van der Waals surface area contributed by atoms with Gasteiger partial charge in [-0.1, -0.05) is 35.0 Å². The van der Waals surface area contributed by atoms with E-state index in [2.05, 4.69) is 15.9 Å². The molecule has 1 heterocycles. The highest BCUT2D eigenvalue weighted by atomic mass is 79.9. The minimum Gasteiger partial charge on any atom is -0.456 e. The molecule has 1 fully saturated rings. The van der Waals surface area contributed by atoms with E-state index in [-0.39, 0.29) is 18.3 Å². The normalized spacial score (nSPS) is 20.0. The van der Waals surface area contributed by atoms with Gasteiger partial charge in [0, 0.05) is 16.6 Å². The van der Waals surface area contributed by atoms with E-state index in [1.165, 1.54) is 4.90 Å². The van der Waals surface area contributed by atoms with Gasteiger partial charge in [0.05, 0.1) is 0 Å². The topological polar surface area (TPSA) is 72.9 Å². The zero-order valence-corrected chi connectivity index (χ0v) is 17.0. The maximum Gasteiger partial charge on any atom is 0.411 e. The van der Waals surface area contributed by atoms with E-state index >= 15 is 0 Å². The highest BCUT2D eigenvalue weighted by molar-refractivity contribution is 9.10. The number of nitrogens with zero attached hydrogens (tertiary/aromatic N) is 1. The summed E-state index contributed by atoms with van der Waals surface area (Å²) in [5.41, 5.74) is -0.181. The van der Waals surface area contributed by atoms with E-state index in [9.17, 15) is 14.4 Å². The molecule has 0 aromatic heterocycles. The van der Waals surface area contributed by atoms with Gasteiger partial charge in [-0.05, 0) is 45.2 Å². The first kappa shape index (κ1) is 20.4. The van der Waals surface area contributed by atoms with E-state index in [0.717, 1.165) is 4.47 Å². The number of ketones is 1. The molecule has 1 saturated heterocycles. The highest BCUT2D eigenvalue weighted by Gasteiger charge is 2.41. The molecule has 6 nitrogen and oxygen atoms in total. The molecule has 26 heavy (non-hydrogen) atoms. The first-order valence-corrected chi connectivity index (χ1v) is 9.31. The number of benzene rings is 1. The molecule has 2 atom stereocenters. The predicted octanol–water partition coefficient (Wildman–Crippen LogP) is 3.82. The van der Waals surface area contributed by atoms with Gasteiger partial charge in [0.25, 0.3) is 0 Å². The first-order chi connectivity index (χ1) is 12.1. The lowest BCUT2D eigenvalue weighted by Gasteiger charge is -2.27. The Bertz CT molecular complexity index is 680.